The number of para-hydroxylation sites is 1. The van der Waals surface area contributed by atoms with E-state index in [4.69, 9.17) is 11.6 Å². The first-order valence-corrected chi connectivity index (χ1v) is 7.90. The van der Waals surface area contributed by atoms with Gasteiger partial charge in [0.25, 0.3) is 5.91 Å². The Hall–Kier alpha value is -2.93. The number of methoxy groups -OCH3 is 1. The molecule has 3 rings (SSSR count). The maximum atomic E-state index is 14.1. The fourth-order valence-corrected chi connectivity index (χ4v) is 2.88. The van der Waals surface area contributed by atoms with E-state index in [2.05, 4.69) is 15.0 Å². The minimum atomic E-state index is -1.54. The molecule has 5 nitrogen and oxygen atoms in total. The molecule has 0 spiro atoms. The van der Waals surface area contributed by atoms with Gasteiger partial charge in [-0.2, -0.15) is 0 Å². The summed E-state index contributed by atoms with van der Waals surface area (Å²) >= 11 is 6.21. The van der Waals surface area contributed by atoms with E-state index in [0.29, 0.717) is 10.9 Å². The fourth-order valence-electron chi connectivity index (χ4n) is 2.58. The molecular formula is C18H13ClF2N2O3. The van der Waals surface area contributed by atoms with Crippen molar-refractivity contribution in [2.75, 3.05) is 7.11 Å². The lowest BCUT2D eigenvalue weighted by atomic mass is 10.1. The summed E-state index contributed by atoms with van der Waals surface area (Å²) in [5.74, 6) is -3.32. The first kappa shape index (κ1) is 17.9. The Bertz CT molecular complexity index is 1000. The number of ether oxygens (including phenoxy) is 1. The summed E-state index contributed by atoms with van der Waals surface area (Å²) in [6.07, 6.45) is 0. The molecule has 0 bridgehead atoms. The highest BCUT2D eigenvalue weighted by atomic mass is 35.5. The number of hydrogen-bond acceptors (Lipinski definition) is 3. The van der Waals surface area contributed by atoms with Gasteiger partial charge in [0.1, 0.15) is 17.3 Å². The van der Waals surface area contributed by atoms with Crippen molar-refractivity contribution < 1.29 is 23.1 Å². The number of carbonyl (C=O) groups is 2. The summed E-state index contributed by atoms with van der Waals surface area (Å²) in [5.41, 5.74) is 0.269. The number of H-pyrrole nitrogens is 1. The van der Waals surface area contributed by atoms with E-state index in [-0.39, 0.29) is 16.3 Å². The number of benzene rings is 2. The van der Waals surface area contributed by atoms with Gasteiger partial charge in [-0.1, -0.05) is 29.8 Å². The van der Waals surface area contributed by atoms with Gasteiger partial charge in [0.15, 0.2) is 6.04 Å². The Morgan fingerprint density at radius 2 is 1.92 bits per heavy atom. The summed E-state index contributed by atoms with van der Waals surface area (Å²) in [6, 6.07) is 8.01. The summed E-state index contributed by atoms with van der Waals surface area (Å²) < 4.78 is 32.1. The molecule has 26 heavy (non-hydrogen) atoms. The van der Waals surface area contributed by atoms with Crippen molar-refractivity contribution in [3.63, 3.8) is 0 Å². The Balaban J connectivity index is 1.98. The molecule has 8 heteroatoms. The SMILES string of the molecule is COC(=O)[C@H](NC(=O)c1[nH]c2ccccc2c1Cl)c1cc(F)ccc1F. The third kappa shape index (κ3) is 3.25. The molecule has 1 amide bonds. The standard InChI is InChI=1S/C18H13ClF2N2O3/c1-26-18(25)15(11-8-9(20)6-7-12(11)21)23-17(24)16-14(19)10-4-2-3-5-13(10)22-16/h2-8,15,22H,1H3,(H,23,24)/t15-/m1/s1. The first-order valence-electron chi connectivity index (χ1n) is 7.52. The van der Waals surface area contributed by atoms with Crippen LogP contribution in [0.3, 0.4) is 0 Å². The van der Waals surface area contributed by atoms with Gasteiger partial charge in [-0.25, -0.2) is 13.6 Å². The Morgan fingerprint density at radius 1 is 1.19 bits per heavy atom. The zero-order valence-electron chi connectivity index (χ0n) is 13.5. The second kappa shape index (κ2) is 7.13. The predicted molar refractivity (Wildman–Crippen MR) is 91.9 cm³/mol. The number of aromatic amines is 1. The smallest absolute Gasteiger partial charge is 0.333 e. The van der Waals surface area contributed by atoms with Gasteiger partial charge in [0.05, 0.1) is 12.1 Å². The molecule has 0 radical (unpaired) electrons. The maximum Gasteiger partial charge on any atom is 0.333 e. The number of nitrogens with one attached hydrogen (secondary N) is 2. The largest absolute Gasteiger partial charge is 0.467 e. The summed E-state index contributed by atoms with van der Waals surface area (Å²) in [7, 11) is 1.08. The van der Waals surface area contributed by atoms with Crippen molar-refractivity contribution >= 4 is 34.4 Å². The number of carbonyl (C=O) groups excluding carboxylic acids is 2. The number of hydrogen-bond donors (Lipinski definition) is 2. The van der Waals surface area contributed by atoms with Crippen molar-refractivity contribution in [3.05, 3.63) is 70.4 Å². The van der Waals surface area contributed by atoms with E-state index in [0.717, 1.165) is 25.3 Å². The molecule has 0 fully saturated rings. The lowest BCUT2D eigenvalue weighted by Gasteiger charge is -2.17. The fraction of sp³-hybridized carbons (Fsp3) is 0.111. The zero-order chi connectivity index (χ0) is 18.8. The van der Waals surface area contributed by atoms with Crippen LogP contribution in [0.2, 0.25) is 5.02 Å². The van der Waals surface area contributed by atoms with Crippen LogP contribution in [0.25, 0.3) is 10.9 Å². The number of fused-ring (bicyclic) bond motifs is 1. The van der Waals surface area contributed by atoms with Crippen LogP contribution in [0.4, 0.5) is 8.78 Å². The molecule has 1 heterocycles. The molecule has 0 aliphatic carbocycles. The van der Waals surface area contributed by atoms with Crippen molar-refractivity contribution in [2.45, 2.75) is 6.04 Å². The van der Waals surface area contributed by atoms with Crippen LogP contribution in [-0.4, -0.2) is 24.0 Å². The summed E-state index contributed by atoms with van der Waals surface area (Å²) in [6.45, 7) is 0. The molecule has 2 aromatic carbocycles. The van der Waals surface area contributed by atoms with Crippen molar-refractivity contribution in [3.8, 4) is 0 Å². The third-order valence-electron chi connectivity index (χ3n) is 3.85. The second-order valence-electron chi connectivity index (χ2n) is 5.46. The number of esters is 1. The van der Waals surface area contributed by atoms with Gasteiger partial charge >= 0.3 is 5.97 Å². The minimum Gasteiger partial charge on any atom is -0.467 e. The summed E-state index contributed by atoms with van der Waals surface area (Å²) in [4.78, 5) is 27.5. The molecule has 0 saturated carbocycles. The third-order valence-corrected chi connectivity index (χ3v) is 4.24. The molecule has 134 valence electrons. The van der Waals surface area contributed by atoms with E-state index in [1.54, 1.807) is 24.3 Å². The van der Waals surface area contributed by atoms with Crippen LogP contribution in [0.5, 0.6) is 0 Å². The second-order valence-corrected chi connectivity index (χ2v) is 5.83. The van der Waals surface area contributed by atoms with Crippen molar-refractivity contribution in [1.82, 2.24) is 10.3 Å². The average Bonchev–Trinajstić information content (AvgIpc) is 2.98. The lowest BCUT2D eigenvalue weighted by Crippen LogP contribution is -2.35. The number of amides is 1. The van der Waals surface area contributed by atoms with E-state index in [1.165, 1.54) is 0 Å². The summed E-state index contributed by atoms with van der Waals surface area (Å²) in [5, 5.41) is 3.10. The Morgan fingerprint density at radius 3 is 2.62 bits per heavy atom. The Labute approximate surface area is 151 Å². The van der Waals surface area contributed by atoms with Gasteiger partial charge in [0.2, 0.25) is 0 Å². The molecule has 2 N–H and O–H groups in total. The normalized spacial score (nSPS) is 12.0. The highest BCUT2D eigenvalue weighted by Gasteiger charge is 2.29. The van der Waals surface area contributed by atoms with Crippen molar-refractivity contribution in [1.29, 1.82) is 0 Å². The van der Waals surface area contributed by atoms with E-state index < -0.39 is 29.6 Å². The predicted octanol–water partition coefficient (Wildman–Crippen LogP) is 3.74. The van der Waals surface area contributed by atoms with Gasteiger partial charge < -0.3 is 15.0 Å². The van der Waals surface area contributed by atoms with E-state index >= 15 is 0 Å². The number of rotatable bonds is 4. The number of aromatic nitrogens is 1. The Kier molecular flexibility index (Phi) is 4.90. The molecule has 0 unspecified atom stereocenters. The van der Waals surface area contributed by atoms with Gasteiger partial charge in [0, 0.05) is 16.5 Å². The van der Waals surface area contributed by atoms with Crippen LogP contribution in [0.15, 0.2) is 42.5 Å². The lowest BCUT2D eigenvalue weighted by molar-refractivity contribution is -0.143. The van der Waals surface area contributed by atoms with Crippen LogP contribution >= 0.6 is 11.6 Å². The molecule has 0 saturated heterocycles. The average molecular weight is 379 g/mol. The first-order chi connectivity index (χ1) is 12.4. The van der Waals surface area contributed by atoms with E-state index in [9.17, 15) is 18.4 Å². The van der Waals surface area contributed by atoms with E-state index in [1.807, 2.05) is 0 Å². The van der Waals surface area contributed by atoms with Crippen LogP contribution in [-0.2, 0) is 9.53 Å². The molecule has 3 aromatic rings. The van der Waals surface area contributed by atoms with Crippen LogP contribution in [0.1, 0.15) is 22.1 Å². The van der Waals surface area contributed by atoms with Crippen LogP contribution in [0, 0.1) is 11.6 Å². The maximum absolute atomic E-state index is 14.1. The molecule has 1 atom stereocenters. The monoisotopic (exact) mass is 378 g/mol. The van der Waals surface area contributed by atoms with Gasteiger partial charge in [-0.05, 0) is 24.3 Å². The molecule has 1 aromatic heterocycles. The number of halogens is 3. The molecule has 0 aliphatic rings. The molecular weight excluding hydrogens is 366 g/mol. The quantitative estimate of drug-likeness (QED) is 0.679. The van der Waals surface area contributed by atoms with Gasteiger partial charge in [-0.15, -0.1) is 0 Å². The highest BCUT2D eigenvalue weighted by Crippen LogP contribution is 2.28. The van der Waals surface area contributed by atoms with Crippen molar-refractivity contribution in [2.24, 2.45) is 0 Å². The minimum absolute atomic E-state index is 0.00131. The van der Waals surface area contributed by atoms with Crippen LogP contribution < -0.4 is 5.32 Å². The van der Waals surface area contributed by atoms with Gasteiger partial charge in [-0.3, -0.25) is 4.79 Å². The zero-order valence-corrected chi connectivity index (χ0v) is 14.2. The highest BCUT2D eigenvalue weighted by molar-refractivity contribution is 6.38. The molecule has 0 aliphatic heterocycles. The topological polar surface area (TPSA) is 71.2 Å².